The van der Waals surface area contributed by atoms with Crippen LogP contribution in [0.5, 0.6) is 0 Å². The molecule has 0 saturated carbocycles. The lowest BCUT2D eigenvalue weighted by Crippen LogP contribution is -2.66. The third kappa shape index (κ3) is 4.62. The average Bonchev–Trinajstić information content (AvgIpc) is 2.50. The van der Waals surface area contributed by atoms with Crippen molar-refractivity contribution in [2.24, 2.45) is 11.8 Å². The number of carbonyl (C=O) groups is 1. The van der Waals surface area contributed by atoms with Crippen LogP contribution >= 0.6 is 12.2 Å². The molecule has 0 bridgehead atoms. The van der Waals surface area contributed by atoms with Crippen LogP contribution in [0.1, 0.15) is 40.2 Å². The summed E-state index contributed by atoms with van der Waals surface area (Å²) in [4.78, 5) is 13.3. The Morgan fingerprint density at radius 3 is 2.31 bits per heavy atom. The second-order valence-corrected chi connectivity index (χ2v) is 14.3. The van der Waals surface area contributed by atoms with Gasteiger partial charge in [0.25, 0.3) is 0 Å². The number of hydrogen-bond acceptors (Lipinski definition) is 3. The smallest absolute Gasteiger partial charge is 0.228 e. The highest BCUT2D eigenvalue weighted by atomic mass is 32.1. The Kier molecular flexibility index (Phi) is 6.47. The maximum Gasteiger partial charge on any atom is 0.228 e. The van der Waals surface area contributed by atoms with Crippen molar-refractivity contribution in [2.45, 2.75) is 71.3 Å². The number of rotatable bonds is 7. The van der Waals surface area contributed by atoms with Crippen LogP contribution in [0.15, 0.2) is 30.3 Å². The van der Waals surface area contributed by atoms with E-state index in [2.05, 4.69) is 58.2 Å². The van der Waals surface area contributed by atoms with Crippen LogP contribution in [0, 0.1) is 11.8 Å². The summed E-state index contributed by atoms with van der Waals surface area (Å²) in [5, 5.41) is 3.20. The van der Waals surface area contributed by atoms with Gasteiger partial charge in [-0.15, -0.1) is 0 Å². The van der Waals surface area contributed by atoms with Gasteiger partial charge in [-0.3, -0.25) is 4.79 Å². The van der Waals surface area contributed by atoms with Crippen molar-refractivity contribution in [1.82, 2.24) is 5.32 Å². The molecule has 5 heteroatoms. The molecule has 0 aromatic heterocycles. The number of hydrogen-bond donors (Lipinski definition) is 1. The highest BCUT2D eigenvalue weighted by molar-refractivity contribution is 7.80. The van der Waals surface area contributed by atoms with Crippen LogP contribution in [0.4, 0.5) is 0 Å². The van der Waals surface area contributed by atoms with E-state index in [4.69, 9.17) is 16.6 Å². The fraction of sp³-hybridized carbons (Fsp3) is 0.619. The van der Waals surface area contributed by atoms with Crippen LogP contribution in [-0.2, 0) is 15.6 Å². The first kappa shape index (κ1) is 21.3. The zero-order chi connectivity index (χ0) is 19.7. The predicted octanol–water partition coefficient (Wildman–Crippen LogP) is 4.76. The van der Waals surface area contributed by atoms with Crippen LogP contribution in [0.2, 0.25) is 18.1 Å². The average molecular weight is 392 g/mol. The minimum atomic E-state index is -1.91. The molecule has 1 fully saturated rings. The van der Waals surface area contributed by atoms with Gasteiger partial charge in [0.15, 0.2) is 8.32 Å². The Labute approximate surface area is 165 Å². The summed E-state index contributed by atoms with van der Waals surface area (Å²) in [6.07, 6.45) is 0.685. The van der Waals surface area contributed by atoms with E-state index in [-0.39, 0.29) is 34.9 Å². The molecule has 1 aromatic carbocycles. The lowest BCUT2D eigenvalue weighted by molar-refractivity contribution is -0.140. The molecule has 4 atom stereocenters. The molecule has 0 unspecified atom stereocenters. The Morgan fingerprint density at radius 1 is 1.23 bits per heavy atom. The van der Waals surface area contributed by atoms with Crippen LogP contribution in [-0.4, -0.2) is 31.2 Å². The molecule has 2 rings (SSSR count). The molecule has 1 N–H and O–H groups in total. The molecule has 1 heterocycles. The summed E-state index contributed by atoms with van der Waals surface area (Å²) >= 11 is 5.70. The summed E-state index contributed by atoms with van der Waals surface area (Å²) in [5.74, 6) is 0.127. The number of carbonyl (C=O) groups excluding carboxylic acids is 1. The predicted molar refractivity (Wildman–Crippen MR) is 115 cm³/mol. The maximum absolute atomic E-state index is 12.3. The SMILES string of the molecule is C[C@@H](O[Si](C)(C)C(C)(C)C)[C@H]1C(=O)N[C@@H]1[C@@H](C)C(=S)Cc1ccccc1. The fourth-order valence-electron chi connectivity index (χ4n) is 3.23. The first-order chi connectivity index (χ1) is 11.9. The second kappa shape index (κ2) is 7.91. The van der Waals surface area contributed by atoms with E-state index in [9.17, 15) is 4.79 Å². The van der Waals surface area contributed by atoms with Gasteiger partial charge in [0.2, 0.25) is 5.91 Å². The number of benzene rings is 1. The fourth-order valence-corrected chi connectivity index (χ4v) is 4.97. The van der Waals surface area contributed by atoms with E-state index in [0.29, 0.717) is 0 Å². The third-order valence-electron chi connectivity index (χ3n) is 6.06. The lowest BCUT2D eigenvalue weighted by Gasteiger charge is -2.47. The molecule has 0 aliphatic carbocycles. The van der Waals surface area contributed by atoms with Gasteiger partial charge in [0.1, 0.15) is 0 Å². The normalized spacial score (nSPS) is 23.0. The van der Waals surface area contributed by atoms with Crippen LogP contribution in [0.3, 0.4) is 0 Å². The molecule has 1 aliphatic rings. The van der Waals surface area contributed by atoms with Gasteiger partial charge >= 0.3 is 0 Å². The molecule has 3 nitrogen and oxygen atoms in total. The van der Waals surface area contributed by atoms with E-state index < -0.39 is 8.32 Å². The van der Waals surface area contributed by atoms with E-state index in [1.54, 1.807) is 0 Å². The van der Waals surface area contributed by atoms with Crippen molar-refractivity contribution >= 4 is 31.3 Å². The van der Waals surface area contributed by atoms with Crippen molar-refractivity contribution in [3.05, 3.63) is 35.9 Å². The van der Waals surface area contributed by atoms with Crippen LogP contribution < -0.4 is 5.32 Å². The van der Waals surface area contributed by atoms with Gasteiger partial charge in [-0.2, -0.15) is 0 Å². The van der Waals surface area contributed by atoms with E-state index in [1.165, 1.54) is 5.56 Å². The minimum absolute atomic E-state index is 0.0680. The summed E-state index contributed by atoms with van der Waals surface area (Å²) < 4.78 is 6.49. The minimum Gasteiger partial charge on any atom is -0.413 e. The molecule has 0 spiro atoms. The van der Waals surface area contributed by atoms with Gasteiger partial charge in [-0.25, -0.2) is 0 Å². The van der Waals surface area contributed by atoms with Gasteiger partial charge in [-0.05, 0) is 30.6 Å². The first-order valence-electron chi connectivity index (χ1n) is 9.49. The van der Waals surface area contributed by atoms with Crippen molar-refractivity contribution in [3.8, 4) is 0 Å². The summed E-state index contributed by atoms with van der Waals surface area (Å²) in [7, 11) is -1.91. The monoisotopic (exact) mass is 391 g/mol. The Bertz CT molecular complexity index is 654. The molecule has 1 saturated heterocycles. The number of nitrogens with one attached hydrogen (secondary N) is 1. The topological polar surface area (TPSA) is 38.3 Å². The van der Waals surface area contributed by atoms with E-state index in [0.717, 1.165) is 11.3 Å². The van der Waals surface area contributed by atoms with E-state index in [1.807, 2.05) is 25.1 Å². The zero-order valence-electron chi connectivity index (χ0n) is 17.1. The van der Waals surface area contributed by atoms with Gasteiger partial charge in [0, 0.05) is 23.2 Å². The summed E-state index contributed by atoms with van der Waals surface area (Å²) in [6, 6.07) is 10.3. The molecule has 1 aliphatic heterocycles. The number of amides is 1. The summed E-state index contributed by atoms with van der Waals surface area (Å²) in [5.41, 5.74) is 1.22. The van der Waals surface area contributed by atoms with E-state index >= 15 is 0 Å². The standard InChI is InChI=1S/C21H33NO2SSi/c1-14(17(25)13-16-11-9-8-10-12-16)19-18(20(23)22-19)15(2)24-26(6,7)21(3,4)5/h8-12,14-15,18-19H,13H2,1-7H3,(H,22,23)/t14-,15+,18+,19+/m0/s1. The Balaban J connectivity index is 2.03. The quantitative estimate of drug-likeness (QED) is 0.414. The zero-order valence-corrected chi connectivity index (χ0v) is 18.9. The highest BCUT2D eigenvalue weighted by Gasteiger charge is 2.49. The van der Waals surface area contributed by atoms with Crippen molar-refractivity contribution in [2.75, 3.05) is 0 Å². The number of thiocarbonyl (C=S) groups is 1. The third-order valence-corrected chi connectivity index (χ3v) is 11.1. The second-order valence-electron chi connectivity index (χ2n) is 9.06. The van der Waals surface area contributed by atoms with Crippen molar-refractivity contribution in [1.29, 1.82) is 0 Å². The molecule has 144 valence electrons. The van der Waals surface area contributed by atoms with Crippen molar-refractivity contribution in [3.63, 3.8) is 0 Å². The Morgan fingerprint density at radius 2 is 1.81 bits per heavy atom. The molecular formula is C21H33NO2SSi. The number of β-lactam (4-membered cyclic amide) rings is 1. The van der Waals surface area contributed by atoms with Gasteiger partial charge in [0.05, 0.1) is 12.0 Å². The van der Waals surface area contributed by atoms with Gasteiger partial charge in [-0.1, -0.05) is 70.2 Å². The van der Waals surface area contributed by atoms with Crippen LogP contribution in [0.25, 0.3) is 0 Å². The van der Waals surface area contributed by atoms with Crippen molar-refractivity contribution < 1.29 is 9.22 Å². The molecule has 1 aromatic rings. The molecule has 1 amide bonds. The van der Waals surface area contributed by atoms with Gasteiger partial charge < -0.3 is 9.74 Å². The Hall–Kier alpha value is -1.04. The largest absolute Gasteiger partial charge is 0.413 e. The molecular weight excluding hydrogens is 358 g/mol. The lowest BCUT2D eigenvalue weighted by atomic mass is 9.77. The maximum atomic E-state index is 12.3. The first-order valence-corrected chi connectivity index (χ1v) is 12.8. The summed E-state index contributed by atoms with van der Waals surface area (Å²) in [6.45, 7) is 15.3. The molecule has 0 radical (unpaired) electrons. The highest BCUT2D eigenvalue weighted by Crippen LogP contribution is 2.39. The molecule has 26 heavy (non-hydrogen) atoms.